The van der Waals surface area contributed by atoms with Gasteiger partial charge in [-0.05, 0) is 24.3 Å². The first-order chi connectivity index (χ1) is 8.27. The van der Waals surface area contributed by atoms with Gasteiger partial charge in [0.1, 0.15) is 6.61 Å². The summed E-state index contributed by atoms with van der Waals surface area (Å²) in [5, 5.41) is 0. The van der Waals surface area contributed by atoms with Gasteiger partial charge < -0.3 is 4.74 Å². The number of carbonyl (C=O) groups excluding carboxylic acids is 1. The van der Waals surface area contributed by atoms with Crippen LogP contribution in [0, 0.1) is 0 Å². The molecule has 9 heteroatoms. The molecule has 7 nitrogen and oxygen atoms in total. The summed E-state index contributed by atoms with van der Waals surface area (Å²) >= 11 is 0. The fourth-order valence-corrected chi connectivity index (χ4v) is 2.70. The molecule has 0 atom stereocenters. The van der Waals surface area contributed by atoms with Crippen molar-refractivity contribution in [2.45, 2.75) is 9.79 Å². The number of ether oxygens (including phenoxy) is 1. The fourth-order valence-electron chi connectivity index (χ4n) is 1.13. The maximum atomic E-state index is 11.6. The van der Waals surface area contributed by atoms with E-state index in [2.05, 4.69) is 4.74 Å². The van der Waals surface area contributed by atoms with Crippen LogP contribution in [0.25, 0.3) is 0 Å². The molecule has 0 aromatic heterocycles. The van der Waals surface area contributed by atoms with Gasteiger partial charge >= 0.3 is 6.47 Å². The second-order valence-electron chi connectivity index (χ2n) is 3.20. The van der Waals surface area contributed by atoms with Gasteiger partial charge in [-0.2, -0.15) is 8.42 Å². The van der Waals surface area contributed by atoms with Crippen molar-refractivity contribution >= 4 is 26.4 Å². The van der Waals surface area contributed by atoms with Crippen LogP contribution in [0.4, 0.5) is 0 Å². The zero-order valence-corrected chi connectivity index (χ0v) is 10.6. The van der Waals surface area contributed by atoms with E-state index < -0.39 is 30.6 Å². The van der Waals surface area contributed by atoms with Crippen molar-refractivity contribution in [2.75, 3.05) is 12.4 Å². The molecular weight excluding hydrogens is 284 g/mol. The quantitative estimate of drug-likeness (QED) is 0.570. The Labute approximate surface area is 104 Å². The zero-order valence-electron chi connectivity index (χ0n) is 8.94. The third-order valence-corrected chi connectivity index (χ3v) is 4.56. The van der Waals surface area contributed by atoms with E-state index in [0.29, 0.717) is 0 Å². The largest absolute Gasteiger partial charge is 0.456 e. The van der Waals surface area contributed by atoms with Crippen molar-refractivity contribution in [3.63, 3.8) is 0 Å². The Kier molecular flexibility index (Phi) is 4.43. The van der Waals surface area contributed by atoms with Crippen LogP contribution in [0.3, 0.4) is 0 Å². The normalized spacial score (nSPS) is 12.1. The lowest BCUT2D eigenvalue weighted by Crippen LogP contribution is -2.12. The molecule has 18 heavy (non-hydrogen) atoms. The Morgan fingerprint density at radius 2 is 1.56 bits per heavy atom. The molecule has 1 aromatic rings. The average molecular weight is 293 g/mol. The van der Waals surface area contributed by atoms with Crippen molar-refractivity contribution in [1.82, 2.24) is 0 Å². The van der Waals surface area contributed by atoms with Gasteiger partial charge in [0.25, 0.3) is 10.1 Å². The van der Waals surface area contributed by atoms with Gasteiger partial charge in [-0.25, -0.2) is 13.2 Å². The Morgan fingerprint density at radius 3 is 2.00 bits per heavy atom. The lowest BCUT2D eigenvalue weighted by Gasteiger charge is -2.04. The minimum atomic E-state index is -4.36. The molecule has 1 rings (SSSR count). The molecular formula is C9H9O7S2. The predicted octanol–water partition coefficient (Wildman–Crippen LogP) is -0.209. The minimum absolute atomic E-state index is 0.135. The smallest absolute Gasteiger partial charge is 0.417 e. The third kappa shape index (κ3) is 3.79. The summed E-state index contributed by atoms with van der Waals surface area (Å²) in [6.45, 7) is 0.753. The van der Waals surface area contributed by atoms with Gasteiger partial charge in [-0.1, -0.05) is 0 Å². The topological polar surface area (TPSA) is 115 Å². The number of sulfone groups is 1. The van der Waals surface area contributed by atoms with Gasteiger partial charge in [0.05, 0.1) is 15.5 Å². The molecule has 0 aliphatic rings. The van der Waals surface area contributed by atoms with Crippen LogP contribution < -0.4 is 0 Å². The van der Waals surface area contributed by atoms with Crippen molar-refractivity contribution in [3.05, 3.63) is 24.3 Å². The summed E-state index contributed by atoms with van der Waals surface area (Å²) in [5.74, 6) is -0.437. The van der Waals surface area contributed by atoms with Crippen molar-refractivity contribution in [3.8, 4) is 0 Å². The van der Waals surface area contributed by atoms with Gasteiger partial charge in [0.2, 0.25) is 0 Å². The van der Waals surface area contributed by atoms with Crippen LogP contribution in [0.5, 0.6) is 0 Å². The van der Waals surface area contributed by atoms with Crippen molar-refractivity contribution < 1.29 is 30.9 Å². The molecule has 0 saturated carbocycles. The molecule has 0 bridgehead atoms. The Morgan fingerprint density at radius 1 is 1.06 bits per heavy atom. The fraction of sp³-hybridized carbons (Fsp3) is 0.222. The first-order valence-corrected chi connectivity index (χ1v) is 7.66. The van der Waals surface area contributed by atoms with Crippen molar-refractivity contribution in [1.29, 1.82) is 0 Å². The maximum Gasteiger partial charge on any atom is 0.417 e. The van der Waals surface area contributed by atoms with Crippen LogP contribution in [0.1, 0.15) is 0 Å². The van der Waals surface area contributed by atoms with Gasteiger partial charge in [0, 0.05) is 0 Å². The number of benzene rings is 1. The van der Waals surface area contributed by atoms with Crippen molar-refractivity contribution in [2.24, 2.45) is 0 Å². The number of hydrogen-bond acceptors (Lipinski definition) is 6. The molecule has 0 heterocycles. The molecule has 0 saturated heterocycles. The van der Waals surface area contributed by atoms with Gasteiger partial charge in [-0.3, -0.25) is 4.55 Å². The summed E-state index contributed by atoms with van der Waals surface area (Å²) < 4.78 is 57.7. The number of rotatable bonds is 6. The van der Waals surface area contributed by atoms with Crippen LogP contribution in [-0.4, -0.2) is 40.2 Å². The minimum Gasteiger partial charge on any atom is -0.456 e. The predicted molar refractivity (Wildman–Crippen MR) is 60.0 cm³/mol. The summed E-state index contributed by atoms with van der Waals surface area (Å²) in [6, 6.07) is 4.02. The van der Waals surface area contributed by atoms with Crippen LogP contribution in [0.2, 0.25) is 0 Å². The molecule has 0 aliphatic carbocycles. The summed E-state index contributed by atoms with van der Waals surface area (Å²) in [7, 11) is -8.03. The van der Waals surface area contributed by atoms with Crippen LogP contribution in [0.15, 0.2) is 34.1 Å². The van der Waals surface area contributed by atoms with Gasteiger partial charge in [0.15, 0.2) is 9.84 Å². The second-order valence-corrected chi connectivity index (χ2v) is 6.73. The van der Waals surface area contributed by atoms with E-state index in [1.807, 2.05) is 0 Å². The summed E-state index contributed by atoms with van der Waals surface area (Å²) in [4.78, 5) is 9.21. The molecule has 1 radical (unpaired) electrons. The monoisotopic (exact) mass is 293 g/mol. The van der Waals surface area contributed by atoms with Crippen LogP contribution >= 0.6 is 0 Å². The molecule has 0 fully saturated rings. The molecule has 1 aromatic carbocycles. The maximum absolute atomic E-state index is 11.6. The van der Waals surface area contributed by atoms with E-state index >= 15 is 0 Å². The molecule has 1 N–H and O–H groups in total. The van der Waals surface area contributed by atoms with E-state index in [1.54, 1.807) is 0 Å². The first-order valence-electron chi connectivity index (χ1n) is 4.56. The Balaban J connectivity index is 2.95. The third-order valence-electron chi connectivity index (χ3n) is 1.99. The molecule has 0 aliphatic heterocycles. The second kappa shape index (κ2) is 5.46. The van der Waals surface area contributed by atoms with E-state index in [9.17, 15) is 21.6 Å². The highest BCUT2D eigenvalue weighted by Gasteiger charge is 2.16. The van der Waals surface area contributed by atoms with E-state index in [4.69, 9.17) is 4.55 Å². The van der Waals surface area contributed by atoms with E-state index in [0.717, 1.165) is 30.7 Å². The summed E-state index contributed by atoms with van der Waals surface area (Å²) in [5.41, 5.74) is 0. The van der Waals surface area contributed by atoms with E-state index in [1.165, 1.54) is 0 Å². The zero-order chi connectivity index (χ0) is 13.8. The SMILES string of the molecule is O=[C]OCCS(=O)(=O)c1ccc(S(=O)(=O)O)cc1. The molecule has 0 spiro atoms. The Hall–Kier alpha value is -1.45. The standard InChI is InChI=1S/C9H9O7S2/c10-7-16-5-6-17(11,12)8-1-3-9(4-2-8)18(13,14)15/h1-4H,5-6H2,(H,13,14,15). The number of hydrogen-bond donors (Lipinski definition) is 1. The first kappa shape index (κ1) is 14.6. The Bertz CT molecular complexity index is 613. The highest BCUT2D eigenvalue weighted by atomic mass is 32.2. The highest BCUT2D eigenvalue weighted by Crippen LogP contribution is 2.15. The average Bonchev–Trinajstić information content (AvgIpc) is 2.28. The molecule has 0 unspecified atom stereocenters. The lowest BCUT2D eigenvalue weighted by molar-refractivity contribution is 0.297. The highest BCUT2D eigenvalue weighted by molar-refractivity contribution is 7.91. The van der Waals surface area contributed by atoms with E-state index in [-0.39, 0.29) is 11.5 Å². The summed E-state index contributed by atoms with van der Waals surface area (Å²) in [6.07, 6.45) is 0. The lowest BCUT2D eigenvalue weighted by atomic mass is 10.4. The molecule has 0 amide bonds. The van der Waals surface area contributed by atoms with Gasteiger partial charge in [-0.15, -0.1) is 0 Å². The van der Waals surface area contributed by atoms with Crippen LogP contribution in [-0.2, 0) is 29.5 Å². The molecule has 99 valence electrons.